The van der Waals surface area contributed by atoms with E-state index in [1.54, 1.807) is 30.5 Å². The molecule has 0 unspecified atom stereocenters. The molecule has 0 radical (unpaired) electrons. The lowest BCUT2D eigenvalue weighted by Gasteiger charge is -2.05. The second kappa shape index (κ2) is 4.97. The third-order valence-electron chi connectivity index (χ3n) is 2.17. The van der Waals surface area contributed by atoms with Crippen molar-refractivity contribution in [1.82, 2.24) is 4.98 Å². The number of primary amides is 1. The van der Waals surface area contributed by atoms with Crippen LogP contribution in [0.1, 0.15) is 10.4 Å². The average Bonchev–Trinajstić information content (AvgIpc) is 2.33. The van der Waals surface area contributed by atoms with Gasteiger partial charge in [-0.15, -0.1) is 0 Å². The summed E-state index contributed by atoms with van der Waals surface area (Å²) in [5, 5.41) is 3.11. The van der Waals surface area contributed by atoms with Crippen LogP contribution in [0.25, 0.3) is 0 Å². The maximum atomic E-state index is 10.9. The summed E-state index contributed by atoms with van der Waals surface area (Å²) >= 11 is 3.31. The fourth-order valence-electron chi connectivity index (χ4n) is 1.32. The highest BCUT2D eigenvalue weighted by Crippen LogP contribution is 2.16. The van der Waals surface area contributed by atoms with Crippen LogP contribution < -0.4 is 11.1 Å². The Morgan fingerprint density at radius 2 is 1.88 bits per heavy atom. The van der Waals surface area contributed by atoms with Crippen LogP contribution in [0.4, 0.5) is 11.5 Å². The first-order valence-electron chi connectivity index (χ1n) is 4.93. The number of hydrogen-bond donors (Lipinski definition) is 2. The number of nitrogens with zero attached hydrogens (tertiary/aromatic N) is 1. The minimum atomic E-state index is -0.432. The zero-order valence-corrected chi connectivity index (χ0v) is 10.4. The summed E-state index contributed by atoms with van der Waals surface area (Å²) in [7, 11) is 0. The van der Waals surface area contributed by atoms with Gasteiger partial charge in [0.2, 0.25) is 5.91 Å². The molecular weight excluding hydrogens is 282 g/mol. The molecule has 2 aromatic rings. The van der Waals surface area contributed by atoms with Crippen LogP contribution in [0.3, 0.4) is 0 Å². The Bertz CT molecular complexity index is 522. The Balaban J connectivity index is 2.13. The Morgan fingerprint density at radius 1 is 1.18 bits per heavy atom. The summed E-state index contributed by atoms with van der Waals surface area (Å²) in [6.07, 6.45) is 1.71. The molecular formula is C12H10BrN3O. The van der Waals surface area contributed by atoms with Gasteiger partial charge in [-0.2, -0.15) is 0 Å². The number of pyridine rings is 1. The van der Waals surface area contributed by atoms with Gasteiger partial charge in [0.05, 0.1) is 0 Å². The average molecular weight is 292 g/mol. The lowest BCUT2D eigenvalue weighted by Crippen LogP contribution is -2.10. The number of carbonyl (C=O) groups excluding carboxylic acids is 1. The maximum Gasteiger partial charge on any atom is 0.248 e. The van der Waals surface area contributed by atoms with E-state index in [1.165, 1.54) is 0 Å². The van der Waals surface area contributed by atoms with Gasteiger partial charge in [0.25, 0.3) is 0 Å². The predicted molar refractivity (Wildman–Crippen MR) is 70.2 cm³/mol. The summed E-state index contributed by atoms with van der Waals surface area (Å²) in [5.74, 6) is 0.304. The third-order valence-corrected chi connectivity index (χ3v) is 2.64. The van der Waals surface area contributed by atoms with Crippen LogP contribution in [0.5, 0.6) is 0 Å². The number of nitrogens with two attached hydrogens (primary N) is 1. The van der Waals surface area contributed by atoms with Gasteiger partial charge in [0.15, 0.2) is 0 Å². The quantitative estimate of drug-likeness (QED) is 0.914. The molecule has 0 spiro atoms. The Labute approximate surface area is 107 Å². The molecule has 86 valence electrons. The van der Waals surface area contributed by atoms with E-state index in [0.717, 1.165) is 16.0 Å². The van der Waals surface area contributed by atoms with E-state index in [-0.39, 0.29) is 0 Å². The molecule has 5 heteroatoms. The highest BCUT2D eigenvalue weighted by Gasteiger charge is 2.00. The van der Waals surface area contributed by atoms with Crippen LogP contribution >= 0.6 is 15.9 Å². The number of nitrogens with one attached hydrogen (secondary N) is 1. The van der Waals surface area contributed by atoms with Crippen LogP contribution in [0, 0.1) is 0 Å². The molecule has 1 heterocycles. The Kier molecular flexibility index (Phi) is 3.39. The first-order chi connectivity index (χ1) is 8.15. The SMILES string of the molecule is NC(=O)c1ccc(Nc2ccc(Br)cn2)cc1. The summed E-state index contributed by atoms with van der Waals surface area (Å²) in [5.41, 5.74) is 6.49. The molecule has 1 amide bonds. The van der Waals surface area contributed by atoms with Crippen molar-refractivity contribution in [3.8, 4) is 0 Å². The van der Waals surface area contributed by atoms with Gasteiger partial charge < -0.3 is 11.1 Å². The molecule has 0 atom stereocenters. The third kappa shape index (κ3) is 3.04. The lowest BCUT2D eigenvalue weighted by atomic mass is 10.2. The summed E-state index contributed by atoms with van der Waals surface area (Å²) in [6, 6.07) is 10.7. The maximum absolute atomic E-state index is 10.9. The van der Waals surface area contributed by atoms with E-state index >= 15 is 0 Å². The minimum Gasteiger partial charge on any atom is -0.366 e. The zero-order valence-electron chi connectivity index (χ0n) is 8.85. The molecule has 0 bridgehead atoms. The van der Waals surface area contributed by atoms with E-state index in [9.17, 15) is 4.79 Å². The molecule has 0 aliphatic carbocycles. The van der Waals surface area contributed by atoms with Crippen molar-refractivity contribution < 1.29 is 4.79 Å². The summed E-state index contributed by atoms with van der Waals surface area (Å²) in [6.45, 7) is 0. The highest BCUT2D eigenvalue weighted by atomic mass is 79.9. The van der Waals surface area contributed by atoms with E-state index in [4.69, 9.17) is 5.73 Å². The number of amides is 1. The van der Waals surface area contributed by atoms with E-state index < -0.39 is 5.91 Å². The smallest absolute Gasteiger partial charge is 0.248 e. The van der Waals surface area contributed by atoms with E-state index in [2.05, 4.69) is 26.2 Å². The standard InChI is InChI=1S/C12H10BrN3O/c13-9-3-6-11(15-7-9)16-10-4-1-8(2-5-10)12(14)17/h1-7H,(H2,14,17)(H,15,16). The van der Waals surface area contributed by atoms with Crippen LogP contribution in [-0.4, -0.2) is 10.9 Å². The molecule has 2 rings (SSSR count). The second-order valence-corrected chi connectivity index (χ2v) is 4.34. The first-order valence-corrected chi connectivity index (χ1v) is 5.73. The molecule has 0 saturated heterocycles. The minimum absolute atomic E-state index is 0.432. The topological polar surface area (TPSA) is 68.0 Å². The summed E-state index contributed by atoms with van der Waals surface area (Å²) < 4.78 is 0.923. The molecule has 0 saturated carbocycles. The molecule has 0 fully saturated rings. The Hall–Kier alpha value is -1.88. The van der Waals surface area contributed by atoms with Gasteiger partial charge in [-0.05, 0) is 52.3 Å². The zero-order chi connectivity index (χ0) is 12.3. The number of halogens is 1. The van der Waals surface area contributed by atoms with Gasteiger partial charge in [-0.3, -0.25) is 4.79 Å². The monoisotopic (exact) mass is 291 g/mol. The first kappa shape index (κ1) is 11.6. The molecule has 0 aliphatic rings. The number of benzene rings is 1. The number of hydrogen-bond acceptors (Lipinski definition) is 3. The van der Waals surface area contributed by atoms with Gasteiger partial charge in [-0.1, -0.05) is 0 Å². The van der Waals surface area contributed by atoms with Crippen molar-refractivity contribution >= 4 is 33.3 Å². The van der Waals surface area contributed by atoms with Gasteiger partial charge in [-0.25, -0.2) is 4.98 Å². The highest BCUT2D eigenvalue weighted by molar-refractivity contribution is 9.10. The fraction of sp³-hybridized carbons (Fsp3) is 0. The normalized spacial score (nSPS) is 9.94. The summed E-state index contributed by atoms with van der Waals surface area (Å²) in [4.78, 5) is 15.1. The predicted octanol–water partition coefficient (Wildman–Crippen LogP) is 2.69. The molecule has 1 aromatic carbocycles. The molecule has 17 heavy (non-hydrogen) atoms. The number of carbonyl (C=O) groups is 1. The van der Waals surface area contributed by atoms with Crippen molar-refractivity contribution in [2.75, 3.05) is 5.32 Å². The van der Waals surface area contributed by atoms with E-state index in [1.807, 2.05) is 12.1 Å². The van der Waals surface area contributed by atoms with Crippen LogP contribution in [0.15, 0.2) is 47.1 Å². The van der Waals surface area contributed by atoms with Crippen LogP contribution in [-0.2, 0) is 0 Å². The van der Waals surface area contributed by atoms with Crippen molar-refractivity contribution in [1.29, 1.82) is 0 Å². The van der Waals surface area contributed by atoms with Crippen molar-refractivity contribution in [3.05, 3.63) is 52.6 Å². The molecule has 1 aromatic heterocycles. The largest absolute Gasteiger partial charge is 0.366 e. The van der Waals surface area contributed by atoms with Gasteiger partial charge in [0, 0.05) is 21.9 Å². The van der Waals surface area contributed by atoms with Crippen molar-refractivity contribution in [2.24, 2.45) is 5.73 Å². The lowest BCUT2D eigenvalue weighted by molar-refractivity contribution is 0.100. The fourth-order valence-corrected chi connectivity index (χ4v) is 1.55. The molecule has 4 nitrogen and oxygen atoms in total. The van der Waals surface area contributed by atoms with Crippen molar-refractivity contribution in [2.45, 2.75) is 0 Å². The van der Waals surface area contributed by atoms with Crippen LogP contribution in [0.2, 0.25) is 0 Å². The Morgan fingerprint density at radius 3 is 2.41 bits per heavy atom. The molecule has 0 aliphatic heterocycles. The van der Waals surface area contributed by atoms with E-state index in [0.29, 0.717) is 5.56 Å². The van der Waals surface area contributed by atoms with Crippen molar-refractivity contribution in [3.63, 3.8) is 0 Å². The molecule has 3 N–H and O–H groups in total. The number of aromatic nitrogens is 1. The van der Waals surface area contributed by atoms with Gasteiger partial charge in [0.1, 0.15) is 5.82 Å². The second-order valence-electron chi connectivity index (χ2n) is 3.43. The number of rotatable bonds is 3. The van der Waals surface area contributed by atoms with Gasteiger partial charge >= 0.3 is 0 Å². The number of anilines is 2.